The molecule has 96 valence electrons. The van der Waals surface area contributed by atoms with Crippen molar-refractivity contribution >= 4 is 33.6 Å². The molecular formula is C11H12BrN3O3. The Balaban J connectivity index is 2.50. The minimum atomic E-state index is -0.947. The van der Waals surface area contributed by atoms with Gasteiger partial charge >= 0.3 is 12.0 Å². The van der Waals surface area contributed by atoms with Gasteiger partial charge < -0.3 is 15.7 Å². The van der Waals surface area contributed by atoms with Crippen molar-refractivity contribution in [3.63, 3.8) is 0 Å². The van der Waals surface area contributed by atoms with E-state index in [2.05, 4.69) is 38.1 Å². The van der Waals surface area contributed by atoms with E-state index in [-0.39, 0.29) is 12.5 Å². The van der Waals surface area contributed by atoms with Crippen molar-refractivity contribution in [2.75, 3.05) is 11.9 Å². The molecule has 18 heavy (non-hydrogen) atoms. The monoisotopic (exact) mass is 313 g/mol. The number of rotatable bonds is 5. The van der Waals surface area contributed by atoms with Crippen LogP contribution in [-0.2, 0) is 11.2 Å². The fourth-order valence-corrected chi connectivity index (χ4v) is 1.25. The second-order valence-corrected chi connectivity index (χ2v) is 4.56. The molecule has 0 bridgehead atoms. The lowest BCUT2D eigenvalue weighted by atomic mass is 10.2. The Morgan fingerprint density at radius 2 is 2.17 bits per heavy atom. The highest BCUT2D eigenvalue weighted by atomic mass is 79.9. The molecule has 2 amide bonds. The third kappa shape index (κ3) is 5.44. The predicted molar refractivity (Wildman–Crippen MR) is 70.7 cm³/mol. The molecule has 1 aromatic heterocycles. The number of carbonyl (C=O) groups excluding carboxylic acids is 1. The number of carbonyl (C=O) groups is 2. The molecule has 0 radical (unpaired) electrons. The molecule has 0 spiro atoms. The molecule has 1 rings (SSSR count). The first kappa shape index (κ1) is 14.2. The molecule has 0 saturated heterocycles. The summed E-state index contributed by atoms with van der Waals surface area (Å²) in [5, 5.41) is 13.7. The standard InChI is InChI=1S/C11H12BrN3O3/c1-7(12)5-14-11(18)15-9-3-2-8(13-6-9)4-10(16)17/h2-3,6H,1,4-5H2,(H,16,17)(H2,14,15,18). The lowest BCUT2D eigenvalue weighted by Crippen LogP contribution is -2.29. The number of nitrogens with zero attached hydrogens (tertiary/aromatic N) is 1. The van der Waals surface area contributed by atoms with Gasteiger partial charge in [-0.3, -0.25) is 9.78 Å². The van der Waals surface area contributed by atoms with Crippen LogP contribution in [0.25, 0.3) is 0 Å². The third-order valence-corrected chi connectivity index (χ3v) is 2.14. The van der Waals surface area contributed by atoms with Crippen LogP contribution in [0.1, 0.15) is 5.69 Å². The molecule has 0 atom stereocenters. The number of halogens is 1. The average molecular weight is 314 g/mol. The highest BCUT2D eigenvalue weighted by molar-refractivity contribution is 9.11. The van der Waals surface area contributed by atoms with Crippen molar-refractivity contribution in [3.05, 3.63) is 35.1 Å². The Labute approximate surface area is 112 Å². The average Bonchev–Trinajstić information content (AvgIpc) is 2.28. The van der Waals surface area contributed by atoms with Crippen LogP contribution in [0, 0.1) is 0 Å². The van der Waals surface area contributed by atoms with E-state index in [0.29, 0.717) is 22.4 Å². The first-order valence-electron chi connectivity index (χ1n) is 5.02. The van der Waals surface area contributed by atoms with Gasteiger partial charge in [-0.05, 0) is 12.1 Å². The largest absolute Gasteiger partial charge is 0.481 e. The van der Waals surface area contributed by atoms with Crippen LogP contribution in [0.2, 0.25) is 0 Å². The molecule has 0 aliphatic carbocycles. The number of aliphatic carboxylic acids is 1. The molecule has 0 saturated carbocycles. The molecule has 1 heterocycles. The van der Waals surface area contributed by atoms with Gasteiger partial charge in [-0.1, -0.05) is 22.5 Å². The molecule has 6 nitrogen and oxygen atoms in total. The summed E-state index contributed by atoms with van der Waals surface area (Å²) in [4.78, 5) is 25.7. The minimum absolute atomic E-state index is 0.143. The summed E-state index contributed by atoms with van der Waals surface area (Å²) in [5.41, 5.74) is 0.920. The lowest BCUT2D eigenvalue weighted by Gasteiger charge is -2.06. The second-order valence-electron chi connectivity index (χ2n) is 3.43. The van der Waals surface area contributed by atoms with Crippen molar-refractivity contribution in [2.24, 2.45) is 0 Å². The fraction of sp³-hybridized carbons (Fsp3) is 0.182. The van der Waals surface area contributed by atoms with Gasteiger partial charge in [-0.25, -0.2) is 4.79 Å². The number of anilines is 1. The molecule has 0 aliphatic heterocycles. The van der Waals surface area contributed by atoms with Crippen molar-refractivity contribution in [2.45, 2.75) is 6.42 Å². The van der Waals surface area contributed by atoms with E-state index in [1.165, 1.54) is 6.20 Å². The predicted octanol–water partition coefficient (Wildman–Crippen LogP) is 1.74. The summed E-state index contributed by atoms with van der Waals surface area (Å²) >= 11 is 3.12. The SMILES string of the molecule is C=C(Br)CNC(=O)Nc1ccc(CC(=O)O)nc1. The number of hydrogen-bond acceptors (Lipinski definition) is 3. The molecule has 3 N–H and O–H groups in total. The summed E-state index contributed by atoms with van der Waals surface area (Å²) in [7, 11) is 0. The Bertz CT molecular complexity index is 459. The number of urea groups is 1. The van der Waals surface area contributed by atoms with Crippen LogP contribution in [-0.4, -0.2) is 28.6 Å². The molecular weight excluding hydrogens is 302 g/mol. The molecule has 0 aliphatic rings. The fourth-order valence-electron chi connectivity index (χ4n) is 1.11. The first-order valence-corrected chi connectivity index (χ1v) is 5.81. The summed E-state index contributed by atoms with van der Waals surface area (Å²) in [6.07, 6.45) is 1.26. The van der Waals surface area contributed by atoms with E-state index in [1.807, 2.05) is 0 Å². The Morgan fingerprint density at radius 1 is 1.44 bits per heavy atom. The maximum atomic E-state index is 11.4. The lowest BCUT2D eigenvalue weighted by molar-refractivity contribution is -0.136. The van der Waals surface area contributed by atoms with Gasteiger partial charge in [-0.15, -0.1) is 0 Å². The van der Waals surface area contributed by atoms with E-state index in [9.17, 15) is 9.59 Å². The second kappa shape index (κ2) is 6.75. The summed E-state index contributed by atoms with van der Waals surface area (Å²) in [6.45, 7) is 3.90. The Morgan fingerprint density at radius 3 is 2.67 bits per heavy atom. The van der Waals surface area contributed by atoms with Gasteiger partial charge in [0.05, 0.1) is 30.5 Å². The van der Waals surface area contributed by atoms with E-state index in [4.69, 9.17) is 5.11 Å². The van der Waals surface area contributed by atoms with E-state index < -0.39 is 5.97 Å². The summed E-state index contributed by atoms with van der Waals surface area (Å²) < 4.78 is 0.660. The van der Waals surface area contributed by atoms with Gasteiger partial charge in [0, 0.05) is 4.48 Å². The highest BCUT2D eigenvalue weighted by Gasteiger charge is 2.04. The maximum absolute atomic E-state index is 11.4. The quantitative estimate of drug-likeness (QED) is 0.772. The zero-order valence-electron chi connectivity index (χ0n) is 9.44. The number of aromatic nitrogens is 1. The van der Waals surface area contributed by atoms with Gasteiger partial charge in [-0.2, -0.15) is 0 Å². The number of hydrogen-bond donors (Lipinski definition) is 3. The number of carboxylic acid groups (broad SMARTS) is 1. The molecule has 0 unspecified atom stereocenters. The molecule has 0 fully saturated rings. The van der Waals surface area contributed by atoms with Gasteiger partial charge in [0.15, 0.2) is 0 Å². The van der Waals surface area contributed by atoms with Crippen LogP contribution in [0.3, 0.4) is 0 Å². The number of carboxylic acids is 1. The Kier molecular flexibility index (Phi) is 5.31. The number of pyridine rings is 1. The summed E-state index contributed by atoms with van der Waals surface area (Å²) in [5.74, 6) is -0.947. The van der Waals surface area contributed by atoms with Crippen LogP contribution >= 0.6 is 15.9 Å². The van der Waals surface area contributed by atoms with Crippen molar-refractivity contribution in [1.29, 1.82) is 0 Å². The maximum Gasteiger partial charge on any atom is 0.319 e. The van der Waals surface area contributed by atoms with Crippen LogP contribution in [0.5, 0.6) is 0 Å². The summed E-state index contributed by atoms with van der Waals surface area (Å²) in [6, 6.07) is 2.75. The van der Waals surface area contributed by atoms with Crippen molar-refractivity contribution in [3.8, 4) is 0 Å². The zero-order valence-corrected chi connectivity index (χ0v) is 11.0. The molecule has 7 heteroatoms. The van der Waals surface area contributed by atoms with Gasteiger partial charge in [0.1, 0.15) is 0 Å². The topological polar surface area (TPSA) is 91.3 Å². The van der Waals surface area contributed by atoms with E-state index in [0.717, 1.165) is 0 Å². The number of nitrogens with one attached hydrogen (secondary N) is 2. The van der Waals surface area contributed by atoms with Gasteiger partial charge in [0.25, 0.3) is 0 Å². The van der Waals surface area contributed by atoms with Crippen molar-refractivity contribution in [1.82, 2.24) is 10.3 Å². The van der Waals surface area contributed by atoms with Crippen molar-refractivity contribution < 1.29 is 14.7 Å². The first-order chi connectivity index (χ1) is 8.47. The number of amides is 2. The molecule has 1 aromatic rings. The van der Waals surface area contributed by atoms with Crippen LogP contribution < -0.4 is 10.6 Å². The van der Waals surface area contributed by atoms with Gasteiger partial charge in [0.2, 0.25) is 0 Å². The minimum Gasteiger partial charge on any atom is -0.481 e. The third-order valence-electron chi connectivity index (χ3n) is 1.86. The normalized spacial score (nSPS) is 9.61. The van der Waals surface area contributed by atoms with Crippen LogP contribution in [0.4, 0.5) is 10.5 Å². The molecule has 0 aromatic carbocycles. The highest BCUT2D eigenvalue weighted by Crippen LogP contribution is 2.06. The Hall–Kier alpha value is -1.89. The van der Waals surface area contributed by atoms with E-state index >= 15 is 0 Å². The van der Waals surface area contributed by atoms with Crippen LogP contribution in [0.15, 0.2) is 29.4 Å². The van der Waals surface area contributed by atoms with E-state index in [1.54, 1.807) is 12.1 Å². The zero-order chi connectivity index (χ0) is 13.5. The smallest absolute Gasteiger partial charge is 0.319 e.